The lowest BCUT2D eigenvalue weighted by atomic mass is 9.82. The number of nitrogens with zero attached hydrogens (tertiary/aromatic N) is 2. The molecule has 0 heterocycles. The topological polar surface area (TPSA) is 6.48 Å². The first-order valence-electron chi connectivity index (χ1n) is 23.4. The van der Waals surface area contributed by atoms with Crippen LogP contribution in [0.5, 0.6) is 0 Å². The molecular formula is C64H56N2. The van der Waals surface area contributed by atoms with Crippen LogP contribution in [-0.2, 0) is 10.8 Å². The van der Waals surface area contributed by atoms with Crippen LogP contribution >= 0.6 is 0 Å². The average Bonchev–Trinajstić information content (AvgIpc) is 3.68. The third kappa shape index (κ3) is 6.95. The fourth-order valence-corrected chi connectivity index (χ4v) is 11.2. The molecule has 0 saturated heterocycles. The summed E-state index contributed by atoms with van der Waals surface area (Å²) in [5, 5.41) is 0. The molecule has 2 nitrogen and oxygen atoms in total. The quantitative estimate of drug-likeness (QED) is 0.150. The van der Waals surface area contributed by atoms with Gasteiger partial charge in [0.2, 0.25) is 0 Å². The van der Waals surface area contributed by atoms with Crippen molar-refractivity contribution in [2.75, 3.05) is 9.80 Å². The van der Waals surface area contributed by atoms with Gasteiger partial charge in [0.15, 0.2) is 0 Å². The fourth-order valence-electron chi connectivity index (χ4n) is 11.2. The smallest absolute Gasteiger partial charge is 0.0466 e. The zero-order valence-corrected chi connectivity index (χ0v) is 39.4. The van der Waals surface area contributed by atoms with Crippen LogP contribution in [0.3, 0.4) is 0 Å². The van der Waals surface area contributed by atoms with Crippen molar-refractivity contribution in [1.82, 2.24) is 0 Å². The van der Waals surface area contributed by atoms with Crippen molar-refractivity contribution in [1.29, 1.82) is 0 Å². The first kappa shape index (κ1) is 41.3. The number of anilines is 6. The Morgan fingerprint density at radius 3 is 0.894 bits per heavy atom. The molecule has 2 aliphatic rings. The highest BCUT2D eigenvalue weighted by Gasteiger charge is 2.37. The van der Waals surface area contributed by atoms with Gasteiger partial charge in [0, 0.05) is 45.0 Å². The standard InChI is InChI=1S/C64H56N2/c1-41-33-42(2)36-53(35-41)65(51-29-31-57-55-13-9-11-15-59(55)63(5,6)61(57)39-51)49-25-21-47(22-26-49)45-17-19-46(20-18-45)48-23-27-50(28-24-48)66(54-37-43(3)34-44(4)38-54)52-30-32-58-56-14-10-12-16-60(56)64(7,8)62(58)40-52/h9-40H,1-8H3. The van der Waals surface area contributed by atoms with Gasteiger partial charge in [0.1, 0.15) is 0 Å². The molecular weight excluding hydrogens is 797 g/mol. The predicted molar refractivity (Wildman–Crippen MR) is 281 cm³/mol. The van der Waals surface area contributed by atoms with Gasteiger partial charge in [0.05, 0.1) is 0 Å². The molecule has 66 heavy (non-hydrogen) atoms. The lowest BCUT2D eigenvalue weighted by molar-refractivity contribution is 0.660. The normalized spacial score (nSPS) is 13.7. The van der Waals surface area contributed by atoms with Crippen molar-refractivity contribution in [3.8, 4) is 44.5 Å². The molecule has 0 N–H and O–H groups in total. The van der Waals surface area contributed by atoms with Gasteiger partial charge >= 0.3 is 0 Å². The van der Waals surface area contributed by atoms with Gasteiger partial charge in [-0.05, 0) is 190 Å². The van der Waals surface area contributed by atoms with Crippen LogP contribution < -0.4 is 9.80 Å². The van der Waals surface area contributed by atoms with Crippen LogP contribution in [0.1, 0.15) is 72.2 Å². The van der Waals surface area contributed by atoms with Crippen LogP contribution in [0.15, 0.2) is 194 Å². The van der Waals surface area contributed by atoms with E-state index < -0.39 is 0 Å². The van der Waals surface area contributed by atoms with Gasteiger partial charge in [-0.1, -0.05) is 149 Å². The van der Waals surface area contributed by atoms with Crippen LogP contribution in [0.2, 0.25) is 0 Å². The van der Waals surface area contributed by atoms with Crippen molar-refractivity contribution in [2.45, 2.75) is 66.2 Å². The van der Waals surface area contributed by atoms with Crippen LogP contribution in [0.25, 0.3) is 44.5 Å². The number of benzene rings is 9. The maximum Gasteiger partial charge on any atom is 0.0466 e. The minimum absolute atomic E-state index is 0.0801. The molecule has 322 valence electrons. The first-order valence-corrected chi connectivity index (χ1v) is 23.4. The van der Waals surface area contributed by atoms with Gasteiger partial charge in [-0.2, -0.15) is 0 Å². The van der Waals surface area contributed by atoms with E-state index in [9.17, 15) is 0 Å². The molecule has 0 fully saturated rings. The Bertz CT molecular complexity index is 3070. The number of rotatable bonds is 8. The SMILES string of the molecule is Cc1cc(C)cc(N(c2ccc(-c3ccc(-c4ccc(N(c5cc(C)cc(C)c5)c5ccc6c(c5)C(C)(C)c5ccccc5-6)cc4)cc3)cc2)c2ccc3c(c2)C(C)(C)c2ccccc2-3)c1. The largest absolute Gasteiger partial charge is 0.310 e. The summed E-state index contributed by atoms with van der Waals surface area (Å²) in [5.41, 5.74) is 27.5. The van der Waals surface area contributed by atoms with Crippen molar-refractivity contribution in [2.24, 2.45) is 0 Å². The van der Waals surface area contributed by atoms with Crippen LogP contribution in [0, 0.1) is 27.7 Å². The van der Waals surface area contributed by atoms with Crippen molar-refractivity contribution < 1.29 is 0 Å². The molecule has 11 rings (SSSR count). The molecule has 0 spiro atoms. The second-order valence-electron chi connectivity index (χ2n) is 19.8. The maximum atomic E-state index is 2.42. The summed E-state index contributed by atoms with van der Waals surface area (Å²) in [6.45, 7) is 18.2. The van der Waals surface area contributed by atoms with E-state index >= 15 is 0 Å². The third-order valence-electron chi connectivity index (χ3n) is 14.4. The Morgan fingerprint density at radius 2 is 0.545 bits per heavy atom. The molecule has 0 radical (unpaired) electrons. The molecule has 2 heteroatoms. The average molecular weight is 853 g/mol. The van der Waals surface area contributed by atoms with E-state index in [-0.39, 0.29) is 10.8 Å². The van der Waals surface area contributed by atoms with E-state index in [1.54, 1.807) is 0 Å². The number of hydrogen-bond donors (Lipinski definition) is 0. The number of fused-ring (bicyclic) bond motifs is 6. The predicted octanol–water partition coefficient (Wildman–Crippen LogP) is 17.8. The second kappa shape index (κ2) is 15.6. The van der Waals surface area contributed by atoms with E-state index in [4.69, 9.17) is 0 Å². The van der Waals surface area contributed by atoms with Gasteiger partial charge < -0.3 is 9.80 Å². The highest BCUT2D eigenvalue weighted by atomic mass is 15.1. The second-order valence-corrected chi connectivity index (χ2v) is 19.8. The van der Waals surface area contributed by atoms with Crippen molar-refractivity contribution >= 4 is 34.1 Å². The Balaban J connectivity index is 0.888. The summed E-state index contributed by atoms with van der Waals surface area (Å²) in [4.78, 5) is 4.84. The van der Waals surface area contributed by atoms with Gasteiger partial charge in [-0.15, -0.1) is 0 Å². The summed E-state index contributed by atoms with van der Waals surface area (Å²) >= 11 is 0. The Hall–Kier alpha value is -7.42. The highest BCUT2D eigenvalue weighted by molar-refractivity contribution is 5.88. The minimum Gasteiger partial charge on any atom is -0.310 e. The summed E-state index contributed by atoms with van der Waals surface area (Å²) < 4.78 is 0. The van der Waals surface area contributed by atoms with Gasteiger partial charge in [-0.25, -0.2) is 0 Å². The van der Waals surface area contributed by atoms with Gasteiger partial charge in [0.25, 0.3) is 0 Å². The minimum atomic E-state index is -0.0801. The zero-order valence-electron chi connectivity index (χ0n) is 39.4. The summed E-state index contributed by atoms with van der Waals surface area (Å²) in [6, 6.07) is 72.7. The lowest BCUT2D eigenvalue weighted by Crippen LogP contribution is -2.16. The molecule has 0 amide bonds. The monoisotopic (exact) mass is 852 g/mol. The Kier molecular flexibility index (Phi) is 9.78. The zero-order chi connectivity index (χ0) is 45.5. The van der Waals surface area contributed by atoms with E-state index in [2.05, 4.69) is 259 Å². The number of aryl methyl sites for hydroxylation is 4. The molecule has 0 aromatic heterocycles. The lowest BCUT2D eigenvalue weighted by Gasteiger charge is -2.29. The molecule has 2 aliphatic carbocycles. The van der Waals surface area contributed by atoms with Crippen molar-refractivity contribution in [3.63, 3.8) is 0 Å². The van der Waals surface area contributed by atoms with E-state index in [1.807, 2.05) is 0 Å². The maximum absolute atomic E-state index is 2.42. The summed E-state index contributed by atoms with van der Waals surface area (Å²) in [7, 11) is 0. The first-order chi connectivity index (χ1) is 31.8. The number of hydrogen-bond acceptors (Lipinski definition) is 2. The van der Waals surface area contributed by atoms with Crippen LogP contribution in [0.4, 0.5) is 34.1 Å². The molecule has 9 aromatic rings. The Labute approximate surface area is 391 Å². The molecule has 0 saturated carbocycles. The third-order valence-corrected chi connectivity index (χ3v) is 14.4. The Morgan fingerprint density at radius 1 is 0.258 bits per heavy atom. The molecule has 0 unspecified atom stereocenters. The van der Waals surface area contributed by atoms with E-state index in [0.717, 1.165) is 11.4 Å². The molecule has 0 bridgehead atoms. The van der Waals surface area contributed by atoms with Crippen molar-refractivity contribution in [3.05, 3.63) is 239 Å². The summed E-state index contributed by atoms with van der Waals surface area (Å²) in [6.07, 6.45) is 0. The molecule has 9 aromatic carbocycles. The summed E-state index contributed by atoms with van der Waals surface area (Å²) in [5.74, 6) is 0. The molecule has 0 aliphatic heterocycles. The fraction of sp³-hybridized carbons (Fsp3) is 0.156. The van der Waals surface area contributed by atoms with E-state index in [0.29, 0.717) is 0 Å². The molecule has 0 atom stereocenters. The van der Waals surface area contributed by atoms with Crippen LogP contribution in [-0.4, -0.2) is 0 Å². The van der Waals surface area contributed by atoms with Gasteiger partial charge in [-0.3, -0.25) is 0 Å². The van der Waals surface area contributed by atoms with E-state index in [1.165, 1.54) is 112 Å². The highest BCUT2D eigenvalue weighted by Crippen LogP contribution is 2.52.